The third kappa shape index (κ3) is 3.82. The molecule has 0 radical (unpaired) electrons. The Balaban J connectivity index is 0.00000180. The van der Waals surface area contributed by atoms with Gasteiger partial charge in [0.05, 0.1) is 13.1 Å². The Morgan fingerprint density at radius 3 is 3.00 bits per heavy atom. The Kier molecular flexibility index (Phi) is 6.08. The first kappa shape index (κ1) is 15.2. The van der Waals surface area contributed by atoms with Gasteiger partial charge >= 0.3 is 0 Å². The number of terminal acetylenes is 1. The van der Waals surface area contributed by atoms with Crippen molar-refractivity contribution in [2.24, 2.45) is 4.99 Å². The SMILES string of the molecule is C#CCNC(=NC)NCc1nnc2ccccn12.I. The summed E-state index contributed by atoms with van der Waals surface area (Å²) in [5.74, 6) is 3.94. The first-order chi connectivity index (χ1) is 8.85. The summed E-state index contributed by atoms with van der Waals surface area (Å²) in [6, 6.07) is 5.77. The van der Waals surface area contributed by atoms with Crippen LogP contribution in [0.25, 0.3) is 5.65 Å². The largest absolute Gasteiger partial charge is 0.349 e. The summed E-state index contributed by atoms with van der Waals surface area (Å²) in [5.41, 5.74) is 0.820. The quantitative estimate of drug-likeness (QED) is 0.360. The highest BCUT2D eigenvalue weighted by atomic mass is 127. The second-order valence-corrected chi connectivity index (χ2v) is 3.53. The van der Waals surface area contributed by atoms with Crippen LogP contribution < -0.4 is 10.6 Å². The van der Waals surface area contributed by atoms with Crippen LogP contribution in [0.3, 0.4) is 0 Å². The molecule has 0 saturated heterocycles. The predicted octanol–water partition coefficient (Wildman–Crippen LogP) is 0.645. The van der Waals surface area contributed by atoms with Crippen molar-refractivity contribution < 1.29 is 0 Å². The zero-order chi connectivity index (χ0) is 12.8. The molecule has 2 rings (SSSR count). The van der Waals surface area contributed by atoms with Crippen molar-refractivity contribution in [3.05, 3.63) is 30.2 Å². The predicted molar refractivity (Wildman–Crippen MR) is 85.4 cm³/mol. The van der Waals surface area contributed by atoms with Crippen LogP contribution in [-0.4, -0.2) is 34.2 Å². The van der Waals surface area contributed by atoms with Crippen molar-refractivity contribution in [2.45, 2.75) is 6.54 Å². The Hall–Kier alpha value is -1.82. The van der Waals surface area contributed by atoms with E-state index in [0.717, 1.165) is 11.5 Å². The summed E-state index contributed by atoms with van der Waals surface area (Å²) in [5, 5.41) is 14.3. The van der Waals surface area contributed by atoms with Crippen molar-refractivity contribution >= 4 is 35.6 Å². The van der Waals surface area contributed by atoms with Crippen LogP contribution in [0.2, 0.25) is 0 Å². The summed E-state index contributed by atoms with van der Waals surface area (Å²) in [4.78, 5) is 4.05. The number of halogens is 1. The Bertz CT molecular complexity index is 598. The Labute approximate surface area is 128 Å². The molecular weight excluding hydrogens is 355 g/mol. The van der Waals surface area contributed by atoms with Crippen molar-refractivity contribution in [1.82, 2.24) is 25.2 Å². The molecule has 6 nitrogen and oxygen atoms in total. The molecule has 0 aliphatic carbocycles. The first-order valence-corrected chi connectivity index (χ1v) is 5.52. The van der Waals surface area contributed by atoms with Gasteiger partial charge in [0, 0.05) is 13.2 Å². The zero-order valence-electron chi connectivity index (χ0n) is 10.5. The molecule has 19 heavy (non-hydrogen) atoms. The van der Waals surface area contributed by atoms with E-state index >= 15 is 0 Å². The van der Waals surface area contributed by atoms with Gasteiger partial charge in [-0.05, 0) is 12.1 Å². The fraction of sp³-hybridized carbons (Fsp3) is 0.250. The van der Waals surface area contributed by atoms with Gasteiger partial charge in [0.15, 0.2) is 17.4 Å². The van der Waals surface area contributed by atoms with E-state index < -0.39 is 0 Å². The molecule has 2 aromatic heterocycles. The van der Waals surface area contributed by atoms with E-state index in [4.69, 9.17) is 6.42 Å². The normalized spacial score (nSPS) is 10.6. The molecule has 0 aliphatic rings. The summed E-state index contributed by atoms with van der Waals surface area (Å²) >= 11 is 0. The van der Waals surface area contributed by atoms with Crippen LogP contribution in [0.15, 0.2) is 29.4 Å². The molecule has 0 bridgehead atoms. The van der Waals surface area contributed by atoms with Crippen LogP contribution in [0, 0.1) is 12.3 Å². The Morgan fingerprint density at radius 1 is 1.42 bits per heavy atom. The minimum atomic E-state index is 0. The molecule has 0 amide bonds. The molecule has 2 N–H and O–H groups in total. The minimum Gasteiger partial charge on any atom is -0.349 e. The van der Waals surface area contributed by atoms with Crippen LogP contribution in [0.1, 0.15) is 5.82 Å². The second kappa shape index (κ2) is 7.58. The maximum absolute atomic E-state index is 5.17. The number of pyridine rings is 1. The van der Waals surface area contributed by atoms with Gasteiger partial charge in [-0.3, -0.25) is 9.39 Å². The van der Waals surface area contributed by atoms with Gasteiger partial charge in [-0.25, -0.2) is 0 Å². The van der Waals surface area contributed by atoms with Gasteiger partial charge in [-0.1, -0.05) is 12.0 Å². The van der Waals surface area contributed by atoms with Crippen molar-refractivity contribution in [2.75, 3.05) is 13.6 Å². The molecule has 0 unspecified atom stereocenters. The monoisotopic (exact) mass is 370 g/mol. The highest BCUT2D eigenvalue weighted by Crippen LogP contribution is 2.01. The van der Waals surface area contributed by atoms with Crippen LogP contribution in [-0.2, 0) is 6.54 Å². The topological polar surface area (TPSA) is 66.6 Å². The Morgan fingerprint density at radius 2 is 2.26 bits per heavy atom. The van der Waals surface area contributed by atoms with Crippen LogP contribution in [0.4, 0.5) is 0 Å². The number of nitrogens with zero attached hydrogens (tertiary/aromatic N) is 4. The summed E-state index contributed by atoms with van der Waals surface area (Å²) in [7, 11) is 1.69. The average molecular weight is 370 g/mol. The number of hydrogen-bond donors (Lipinski definition) is 2. The average Bonchev–Trinajstić information content (AvgIpc) is 2.82. The molecule has 0 aromatic carbocycles. The molecule has 0 fully saturated rings. The number of hydrogen-bond acceptors (Lipinski definition) is 3. The van der Waals surface area contributed by atoms with E-state index in [9.17, 15) is 0 Å². The summed E-state index contributed by atoms with van der Waals surface area (Å²) < 4.78 is 1.92. The smallest absolute Gasteiger partial charge is 0.192 e. The van der Waals surface area contributed by atoms with Gasteiger partial charge < -0.3 is 10.6 Å². The number of nitrogens with one attached hydrogen (secondary N) is 2. The summed E-state index contributed by atoms with van der Waals surface area (Å²) in [6.45, 7) is 0.954. The number of rotatable bonds is 3. The van der Waals surface area contributed by atoms with Gasteiger partial charge in [0.25, 0.3) is 0 Å². The molecule has 0 aliphatic heterocycles. The lowest BCUT2D eigenvalue weighted by Gasteiger charge is -2.08. The lowest BCUT2D eigenvalue weighted by Crippen LogP contribution is -2.37. The van der Waals surface area contributed by atoms with Gasteiger partial charge in [0.2, 0.25) is 0 Å². The summed E-state index contributed by atoms with van der Waals surface area (Å²) in [6.07, 6.45) is 7.10. The van der Waals surface area contributed by atoms with Gasteiger partial charge in [-0.15, -0.1) is 40.6 Å². The van der Waals surface area contributed by atoms with E-state index in [1.807, 2.05) is 28.8 Å². The number of guanidine groups is 1. The standard InChI is InChI=1S/C12H14N6.HI/c1-3-7-14-12(13-2)15-9-11-17-16-10-6-4-5-8-18(10)11;/h1,4-6,8H,7,9H2,2H3,(H2,13,14,15);1H. The molecule has 2 aromatic rings. The first-order valence-electron chi connectivity index (χ1n) is 5.52. The fourth-order valence-electron chi connectivity index (χ4n) is 1.53. The third-order valence-electron chi connectivity index (χ3n) is 2.38. The number of fused-ring (bicyclic) bond motifs is 1. The van der Waals surface area contributed by atoms with E-state index in [-0.39, 0.29) is 24.0 Å². The number of aliphatic imine (C=N–C) groups is 1. The second-order valence-electron chi connectivity index (χ2n) is 3.53. The van der Waals surface area contributed by atoms with Crippen molar-refractivity contribution in [1.29, 1.82) is 0 Å². The van der Waals surface area contributed by atoms with Gasteiger partial charge in [-0.2, -0.15) is 0 Å². The van der Waals surface area contributed by atoms with Crippen LogP contribution in [0.5, 0.6) is 0 Å². The van der Waals surface area contributed by atoms with Gasteiger partial charge in [0.1, 0.15) is 0 Å². The van der Waals surface area contributed by atoms with E-state index in [0.29, 0.717) is 19.0 Å². The molecule has 0 saturated carbocycles. The van der Waals surface area contributed by atoms with E-state index in [2.05, 4.69) is 31.7 Å². The molecule has 7 heteroatoms. The highest BCUT2D eigenvalue weighted by molar-refractivity contribution is 14.0. The third-order valence-corrected chi connectivity index (χ3v) is 2.38. The highest BCUT2D eigenvalue weighted by Gasteiger charge is 2.04. The maximum atomic E-state index is 5.17. The molecular formula is C12H15IN6. The van der Waals surface area contributed by atoms with Crippen LogP contribution >= 0.6 is 24.0 Å². The zero-order valence-corrected chi connectivity index (χ0v) is 12.8. The van der Waals surface area contributed by atoms with Crippen molar-refractivity contribution in [3.63, 3.8) is 0 Å². The number of aromatic nitrogens is 3. The molecule has 100 valence electrons. The fourth-order valence-corrected chi connectivity index (χ4v) is 1.53. The lowest BCUT2D eigenvalue weighted by atomic mass is 10.4. The van der Waals surface area contributed by atoms with Crippen molar-refractivity contribution in [3.8, 4) is 12.3 Å². The molecule has 0 atom stereocenters. The minimum absolute atomic E-state index is 0. The molecule has 2 heterocycles. The lowest BCUT2D eigenvalue weighted by molar-refractivity contribution is 0.781. The van der Waals surface area contributed by atoms with E-state index in [1.54, 1.807) is 7.05 Å². The van der Waals surface area contributed by atoms with E-state index in [1.165, 1.54) is 0 Å². The maximum Gasteiger partial charge on any atom is 0.192 e. The molecule has 0 spiro atoms.